The van der Waals surface area contributed by atoms with Crippen LogP contribution < -0.4 is 4.74 Å². The number of nitro benzene ring substituents is 1. The minimum absolute atomic E-state index is 0.0684. The highest BCUT2D eigenvalue weighted by Gasteiger charge is 2.13. The molecule has 0 N–H and O–H groups in total. The first-order valence-corrected chi connectivity index (χ1v) is 8.08. The van der Waals surface area contributed by atoms with Crippen molar-refractivity contribution < 1.29 is 9.66 Å². The lowest BCUT2D eigenvalue weighted by Gasteiger charge is -2.12. The number of unbranched alkanes of at least 4 members (excludes halogenated alkanes) is 2. The maximum absolute atomic E-state index is 11.0. The van der Waals surface area contributed by atoms with Crippen molar-refractivity contribution >= 4 is 21.6 Å². The van der Waals surface area contributed by atoms with Crippen molar-refractivity contribution in [1.82, 2.24) is 0 Å². The third kappa shape index (κ3) is 4.31. The monoisotopic (exact) mass is 363 g/mol. The van der Waals surface area contributed by atoms with E-state index >= 15 is 0 Å². The lowest BCUT2D eigenvalue weighted by atomic mass is 10.0. The molecule has 0 bridgehead atoms. The fraction of sp³-hybridized carbons (Fsp3) is 0.294. The van der Waals surface area contributed by atoms with E-state index in [1.165, 1.54) is 6.07 Å². The predicted molar refractivity (Wildman–Crippen MR) is 91.3 cm³/mol. The molecule has 22 heavy (non-hydrogen) atoms. The molecule has 0 aliphatic carbocycles. The van der Waals surface area contributed by atoms with Crippen LogP contribution in [0.1, 0.15) is 26.2 Å². The van der Waals surface area contributed by atoms with Crippen molar-refractivity contribution in [2.75, 3.05) is 6.61 Å². The number of hydrogen-bond donors (Lipinski definition) is 0. The SMILES string of the molecule is CCCCCOc1ccc([N+](=O)[O-])cc1-c1ccc(Br)cc1. The van der Waals surface area contributed by atoms with Crippen LogP contribution in [-0.2, 0) is 0 Å². The summed E-state index contributed by atoms with van der Waals surface area (Å²) < 4.78 is 6.79. The molecule has 0 aromatic heterocycles. The second-order valence-corrected chi connectivity index (χ2v) is 5.92. The summed E-state index contributed by atoms with van der Waals surface area (Å²) in [5.41, 5.74) is 1.72. The third-order valence-corrected chi connectivity index (χ3v) is 3.86. The van der Waals surface area contributed by atoms with Gasteiger partial charge in [-0.15, -0.1) is 0 Å². The van der Waals surface area contributed by atoms with Crippen molar-refractivity contribution in [3.05, 3.63) is 57.1 Å². The van der Waals surface area contributed by atoms with E-state index in [2.05, 4.69) is 22.9 Å². The van der Waals surface area contributed by atoms with Crippen LogP contribution in [0.15, 0.2) is 46.9 Å². The van der Waals surface area contributed by atoms with Crippen LogP contribution >= 0.6 is 15.9 Å². The summed E-state index contributed by atoms with van der Waals surface area (Å²) in [4.78, 5) is 10.6. The molecule has 116 valence electrons. The topological polar surface area (TPSA) is 52.4 Å². The average Bonchev–Trinajstić information content (AvgIpc) is 2.52. The number of non-ortho nitro benzene ring substituents is 1. The maximum atomic E-state index is 11.0. The Balaban J connectivity index is 2.31. The van der Waals surface area contributed by atoms with Gasteiger partial charge in [0.05, 0.1) is 11.5 Å². The van der Waals surface area contributed by atoms with E-state index in [0.29, 0.717) is 12.4 Å². The van der Waals surface area contributed by atoms with Gasteiger partial charge in [-0.1, -0.05) is 47.8 Å². The van der Waals surface area contributed by atoms with Crippen LogP contribution in [-0.4, -0.2) is 11.5 Å². The summed E-state index contributed by atoms with van der Waals surface area (Å²) in [5.74, 6) is 0.684. The van der Waals surface area contributed by atoms with Crippen LogP contribution in [0.2, 0.25) is 0 Å². The largest absolute Gasteiger partial charge is 0.493 e. The van der Waals surface area contributed by atoms with E-state index < -0.39 is 0 Å². The predicted octanol–water partition coefficient (Wildman–Crippen LogP) is 5.59. The number of benzene rings is 2. The minimum atomic E-state index is -0.386. The van der Waals surface area contributed by atoms with E-state index in [-0.39, 0.29) is 10.6 Å². The molecule has 0 aliphatic rings. The summed E-state index contributed by atoms with van der Waals surface area (Å²) in [6, 6.07) is 12.4. The number of rotatable bonds is 7. The average molecular weight is 364 g/mol. The Hall–Kier alpha value is -1.88. The highest BCUT2D eigenvalue weighted by Crippen LogP contribution is 2.34. The molecule has 2 rings (SSSR count). The third-order valence-electron chi connectivity index (χ3n) is 3.33. The van der Waals surface area contributed by atoms with Gasteiger partial charge < -0.3 is 4.74 Å². The molecule has 0 saturated carbocycles. The molecule has 0 unspecified atom stereocenters. The standard InChI is InChI=1S/C17H18BrNO3/c1-2-3-4-11-22-17-10-9-15(19(20)21)12-16(17)13-5-7-14(18)8-6-13/h5-10,12H,2-4,11H2,1H3. The van der Waals surface area contributed by atoms with Crippen LogP contribution in [0.25, 0.3) is 11.1 Å². The van der Waals surface area contributed by atoms with E-state index in [4.69, 9.17) is 4.74 Å². The summed E-state index contributed by atoms with van der Waals surface area (Å²) in [5, 5.41) is 11.0. The normalized spacial score (nSPS) is 10.5. The number of ether oxygens (including phenoxy) is 1. The summed E-state index contributed by atoms with van der Waals surface area (Å²) in [7, 11) is 0. The summed E-state index contributed by atoms with van der Waals surface area (Å²) >= 11 is 3.39. The summed E-state index contributed by atoms with van der Waals surface area (Å²) in [6.45, 7) is 2.76. The zero-order chi connectivity index (χ0) is 15.9. The Morgan fingerprint density at radius 3 is 2.50 bits per heavy atom. The molecule has 0 amide bonds. The van der Waals surface area contributed by atoms with Crippen molar-refractivity contribution in [2.45, 2.75) is 26.2 Å². The first-order chi connectivity index (χ1) is 10.6. The molecule has 0 spiro atoms. The molecule has 0 fully saturated rings. The van der Waals surface area contributed by atoms with E-state index in [1.54, 1.807) is 12.1 Å². The highest BCUT2D eigenvalue weighted by atomic mass is 79.9. The molecule has 2 aromatic rings. The zero-order valence-corrected chi connectivity index (χ0v) is 14.0. The second-order valence-electron chi connectivity index (χ2n) is 5.00. The van der Waals surface area contributed by atoms with Gasteiger partial charge >= 0.3 is 0 Å². The summed E-state index contributed by atoms with van der Waals surface area (Å²) in [6.07, 6.45) is 3.22. The fourth-order valence-electron chi connectivity index (χ4n) is 2.15. The van der Waals surface area contributed by atoms with Crippen LogP contribution in [0.5, 0.6) is 5.75 Å². The molecule has 0 atom stereocenters. The molecule has 0 aliphatic heterocycles. The Bertz CT molecular complexity index is 641. The van der Waals surface area contributed by atoms with Gasteiger partial charge in [0.15, 0.2) is 0 Å². The van der Waals surface area contributed by atoms with Crippen LogP contribution in [0.4, 0.5) is 5.69 Å². The van der Waals surface area contributed by atoms with E-state index in [9.17, 15) is 10.1 Å². The van der Waals surface area contributed by atoms with Gasteiger partial charge in [0.2, 0.25) is 0 Å². The van der Waals surface area contributed by atoms with Gasteiger partial charge in [-0.05, 0) is 30.2 Å². The number of nitro groups is 1. The van der Waals surface area contributed by atoms with Crippen molar-refractivity contribution in [3.63, 3.8) is 0 Å². The van der Waals surface area contributed by atoms with Gasteiger partial charge in [-0.2, -0.15) is 0 Å². The fourth-order valence-corrected chi connectivity index (χ4v) is 2.41. The lowest BCUT2D eigenvalue weighted by molar-refractivity contribution is -0.384. The molecular weight excluding hydrogens is 346 g/mol. The van der Waals surface area contributed by atoms with Gasteiger partial charge in [-0.25, -0.2) is 0 Å². The van der Waals surface area contributed by atoms with Gasteiger partial charge in [0.1, 0.15) is 5.75 Å². The number of nitrogens with zero attached hydrogens (tertiary/aromatic N) is 1. The van der Waals surface area contributed by atoms with Gasteiger partial charge in [-0.3, -0.25) is 10.1 Å². The Labute approximate surface area is 138 Å². The molecular formula is C17H18BrNO3. The van der Waals surface area contributed by atoms with Gasteiger partial charge in [0.25, 0.3) is 5.69 Å². The molecule has 0 heterocycles. The quantitative estimate of drug-likeness (QED) is 0.365. The molecule has 0 radical (unpaired) electrons. The highest BCUT2D eigenvalue weighted by molar-refractivity contribution is 9.10. The van der Waals surface area contributed by atoms with E-state index in [0.717, 1.165) is 34.9 Å². The second kappa shape index (κ2) is 7.94. The number of hydrogen-bond acceptors (Lipinski definition) is 3. The van der Waals surface area contributed by atoms with Crippen molar-refractivity contribution in [1.29, 1.82) is 0 Å². The number of halogens is 1. The van der Waals surface area contributed by atoms with E-state index in [1.807, 2.05) is 24.3 Å². The zero-order valence-electron chi connectivity index (χ0n) is 12.4. The molecule has 5 heteroatoms. The van der Waals surface area contributed by atoms with Crippen molar-refractivity contribution in [2.24, 2.45) is 0 Å². The Morgan fingerprint density at radius 1 is 1.14 bits per heavy atom. The van der Waals surface area contributed by atoms with Gasteiger partial charge in [0, 0.05) is 22.2 Å². The molecule has 0 saturated heterocycles. The molecule has 4 nitrogen and oxygen atoms in total. The Kier molecular flexibility index (Phi) is 5.95. The Morgan fingerprint density at radius 2 is 1.86 bits per heavy atom. The smallest absolute Gasteiger partial charge is 0.270 e. The minimum Gasteiger partial charge on any atom is -0.493 e. The van der Waals surface area contributed by atoms with Crippen LogP contribution in [0, 0.1) is 10.1 Å². The first-order valence-electron chi connectivity index (χ1n) is 7.29. The van der Waals surface area contributed by atoms with Crippen molar-refractivity contribution in [3.8, 4) is 16.9 Å². The first kappa shape index (κ1) is 16.5. The maximum Gasteiger partial charge on any atom is 0.270 e. The van der Waals surface area contributed by atoms with Crippen LogP contribution in [0.3, 0.4) is 0 Å². The molecule has 2 aromatic carbocycles. The lowest BCUT2D eigenvalue weighted by Crippen LogP contribution is -1.99.